The molecule has 2 nitrogen and oxygen atoms in total. The normalized spacial score (nSPS) is 21.9. The van der Waals surface area contributed by atoms with Crippen LogP contribution in [0.3, 0.4) is 0 Å². The number of carbonyl (C=O) groups excluding carboxylic acids is 1. The molecule has 1 saturated carbocycles. The van der Waals surface area contributed by atoms with Gasteiger partial charge in [-0.25, -0.2) is 0 Å². The van der Waals surface area contributed by atoms with E-state index in [0.29, 0.717) is 30.6 Å². The molecule has 1 aliphatic carbocycles. The van der Waals surface area contributed by atoms with Crippen molar-refractivity contribution >= 4 is 27.2 Å². The van der Waals surface area contributed by atoms with Crippen LogP contribution in [0.25, 0.3) is 10.1 Å². The lowest BCUT2D eigenvalue weighted by atomic mass is 9.78. The molecule has 0 atom stereocenters. The van der Waals surface area contributed by atoms with Gasteiger partial charge in [0, 0.05) is 24.1 Å². The number of rotatable bonds is 6. The van der Waals surface area contributed by atoms with E-state index in [0.717, 1.165) is 19.4 Å². The van der Waals surface area contributed by atoms with Crippen molar-refractivity contribution in [2.24, 2.45) is 5.92 Å². The third-order valence-corrected chi connectivity index (χ3v) is 5.07. The molecular weight excluding hydrogens is 268 g/mol. The highest BCUT2D eigenvalue weighted by molar-refractivity contribution is 7.17. The second-order valence-corrected chi connectivity index (χ2v) is 6.50. The molecule has 0 amide bonds. The van der Waals surface area contributed by atoms with Gasteiger partial charge in [-0.05, 0) is 48.1 Å². The van der Waals surface area contributed by atoms with Crippen molar-refractivity contribution in [2.45, 2.75) is 38.7 Å². The molecule has 0 saturated heterocycles. The molecule has 0 bridgehead atoms. The van der Waals surface area contributed by atoms with Crippen LogP contribution in [0, 0.1) is 5.92 Å². The van der Waals surface area contributed by atoms with Crippen LogP contribution in [-0.2, 0) is 16.0 Å². The molecule has 1 fully saturated rings. The molecule has 106 valence electrons. The molecule has 3 rings (SSSR count). The molecule has 0 unspecified atom stereocenters. The Hall–Kier alpha value is -1.19. The minimum atomic E-state index is 0.369. The van der Waals surface area contributed by atoms with Gasteiger partial charge in [0.1, 0.15) is 5.78 Å². The van der Waals surface area contributed by atoms with E-state index in [2.05, 4.69) is 17.5 Å². The molecule has 0 spiro atoms. The van der Waals surface area contributed by atoms with Gasteiger partial charge in [0.25, 0.3) is 0 Å². The van der Waals surface area contributed by atoms with E-state index in [1.54, 1.807) is 11.3 Å². The van der Waals surface area contributed by atoms with Crippen molar-refractivity contribution < 1.29 is 9.53 Å². The summed E-state index contributed by atoms with van der Waals surface area (Å²) in [6, 6.07) is 8.32. The zero-order valence-electron chi connectivity index (χ0n) is 11.8. The number of thiophene rings is 1. The van der Waals surface area contributed by atoms with Crippen molar-refractivity contribution in [2.75, 3.05) is 6.61 Å². The largest absolute Gasteiger partial charge is 0.378 e. The highest BCUT2D eigenvalue weighted by atomic mass is 32.1. The molecule has 1 aliphatic rings. The number of carbonyl (C=O) groups is 1. The van der Waals surface area contributed by atoms with Crippen LogP contribution in [0.4, 0.5) is 0 Å². The van der Waals surface area contributed by atoms with E-state index in [9.17, 15) is 4.79 Å². The Kier molecular flexibility index (Phi) is 4.18. The summed E-state index contributed by atoms with van der Waals surface area (Å²) in [5.41, 5.74) is 1.19. The Balaban J connectivity index is 1.55. The first-order valence-electron chi connectivity index (χ1n) is 7.34. The summed E-state index contributed by atoms with van der Waals surface area (Å²) in [5.74, 6) is 0.914. The fourth-order valence-corrected chi connectivity index (χ4v) is 3.95. The van der Waals surface area contributed by atoms with Crippen molar-refractivity contribution in [3.8, 4) is 0 Å². The number of hydrogen-bond donors (Lipinski definition) is 0. The molecule has 0 N–H and O–H groups in total. The first-order chi connectivity index (χ1) is 9.76. The van der Waals surface area contributed by atoms with Crippen LogP contribution < -0.4 is 0 Å². The lowest BCUT2D eigenvalue weighted by molar-refractivity contribution is -0.121. The van der Waals surface area contributed by atoms with E-state index >= 15 is 0 Å². The van der Waals surface area contributed by atoms with E-state index in [4.69, 9.17) is 4.74 Å². The van der Waals surface area contributed by atoms with Gasteiger partial charge in [-0.1, -0.05) is 18.2 Å². The lowest BCUT2D eigenvalue weighted by Gasteiger charge is -2.34. The molecule has 1 aromatic carbocycles. The van der Waals surface area contributed by atoms with Gasteiger partial charge in [0.05, 0.1) is 6.10 Å². The van der Waals surface area contributed by atoms with Gasteiger partial charge < -0.3 is 4.74 Å². The second kappa shape index (κ2) is 6.06. The minimum absolute atomic E-state index is 0.369. The Morgan fingerprint density at radius 3 is 2.95 bits per heavy atom. The molecule has 1 aromatic heterocycles. The summed E-state index contributed by atoms with van der Waals surface area (Å²) in [4.78, 5) is 12.2. The maximum Gasteiger partial charge on any atom is 0.137 e. The van der Waals surface area contributed by atoms with Crippen LogP contribution in [-0.4, -0.2) is 18.5 Å². The number of fused-ring (bicyclic) bond motifs is 1. The fraction of sp³-hybridized carbons (Fsp3) is 0.471. The van der Waals surface area contributed by atoms with Gasteiger partial charge in [0.2, 0.25) is 0 Å². The van der Waals surface area contributed by atoms with Crippen molar-refractivity contribution in [1.29, 1.82) is 0 Å². The third-order valence-electron chi connectivity index (χ3n) is 4.06. The zero-order valence-corrected chi connectivity index (χ0v) is 12.6. The number of benzene rings is 1. The summed E-state index contributed by atoms with van der Waals surface area (Å²) in [5, 5.41) is 3.37. The van der Waals surface area contributed by atoms with Crippen LogP contribution in [0.5, 0.6) is 0 Å². The van der Waals surface area contributed by atoms with Crippen molar-refractivity contribution in [3.05, 3.63) is 35.2 Å². The van der Waals surface area contributed by atoms with E-state index in [1.165, 1.54) is 15.6 Å². The zero-order chi connectivity index (χ0) is 13.9. The van der Waals surface area contributed by atoms with Crippen molar-refractivity contribution in [3.63, 3.8) is 0 Å². The Bertz CT molecular complexity index is 596. The number of hydrogen-bond acceptors (Lipinski definition) is 3. The first kappa shape index (κ1) is 13.8. The van der Waals surface area contributed by atoms with Crippen LogP contribution >= 0.6 is 11.3 Å². The first-order valence-corrected chi connectivity index (χ1v) is 8.22. The van der Waals surface area contributed by atoms with Gasteiger partial charge in [-0.3, -0.25) is 4.79 Å². The van der Waals surface area contributed by atoms with Gasteiger partial charge in [-0.2, -0.15) is 0 Å². The average Bonchev–Trinajstić information content (AvgIpc) is 2.80. The summed E-state index contributed by atoms with van der Waals surface area (Å²) >= 11 is 1.73. The second-order valence-electron chi connectivity index (χ2n) is 5.59. The van der Waals surface area contributed by atoms with Gasteiger partial charge in [0.15, 0.2) is 0 Å². The standard InChI is InChI=1S/C17H20O2S/c1-2-19-15-8-12(9-15)7-14(18)10-13-11-20-17-6-4-3-5-16(13)17/h3-6,11-12,15H,2,7-10H2,1H3. The fourth-order valence-electron chi connectivity index (χ4n) is 2.99. The Morgan fingerprint density at radius 1 is 1.35 bits per heavy atom. The quantitative estimate of drug-likeness (QED) is 0.795. The number of ketones is 1. The molecule has 3 heteroatoms. The molecular formula is C17H20O2S. The number of ether oxygens (including phenoxy) is 1. The summed E-state index contributed by atoms with van der Waals surface area (Å²) in [6.07, 6.45) is 3.82. The molecule has 0 radical (unpaired) electrons. The van der Waals surface area contributed by atoms with Gasteiger partial charge in [-0.15, -0.1) is 11.3 Å². The Labute approximate surface area is 123 Å². The average molecular weight is 288 g/mol. The maximum atomic E-state index is 12.2. The molecule has 2 aromatic rings. The summed E-state index contributed by atoms with van der Waals surface area (Å²) < 4.78 is 6.82. The minimum Gasteiger partial charge on any atom is -0.378 e. The number of Topliss-reactive ketones (excluding diaryl/α,β-unsaturated/α-hetero) is 1. The highest BCUT2D eigenvalue weighted by Crippen LogP contribution is 2.33. The van der Waals surface area contributed by atoms with E-state index in [-0.39, 0.29) is 0 Å². The monoisotopic (exact) mass is 288 g/mol. The maximum absolute atomic E-state index is 12.2. The predicted octanol–water partition coefficient (Wildman–Crippen LogP) is 4.22. The third kappa shape index (κ3) is 2.94. The van der Waals surface area contributed by atoms with Crippen LogP contribution in [0.15, 0.2) is 29.6 Å². The molecule has 1 heterocycles. The van der Waals surface area contributed by atoms with Crippen LogP contribution in [0.2, 0.25) is 0 Å². The topological polar surface area (TPSA) is 26.3 Å². The highest BCUT2D eigenvalue weighted by Gasteiger charge is 2.30. The lowest BCUT2D eigenvalue weighted by Crippen LogP contribution is -2.33. The Morgan fingerprint density at radius 2 is 2.15 bits per heavy atom. The molecule has 0 aliphatic heterocycles. The predicted molar refractivity (Wildman–Crippen MR) is 83.3 cm³/mol. The van der Waals surface area contributed by atoms with Crippen LogP contribution in [0.1, 0.15) is 31.7 Å². The van der Waals surface area contributed by atoms with E-state index < -0.39 is 0 Å². The van der Waals surface area contributed by atoms with Crippen molar-refractivity contribution in [1.82, 2.24) is 0 Å². The van der Waals surface area contributed by atoms with Gasteiger partial charge >= 0.3 is 0 Å². The molecule has 20 heavy (non-hydrogen) atoms. The SMILES string of the molecule is CCOC1CC(CC(=O)Cc2csc3ccccc23)C1. The summed E-state index contributed by atoms with van der Waals surface area (Å²) in [7, 11) is 0. The summed E-state index contributed by atoms with van der Waals surface area (Å²) in [6.45, 7) is 2.81. The van der Waals surface area contributed by atoms with E-state index in [1.807, 2.05) is 19.1 Å². The smallest absolute Gasteiger partial charge is 0.137 e.